The highest BCUT2D eigenvalue weighted by molar-refractivity contribution is 7.14. The third kappa shape index (κ3) is 3.44. The Bertz CT molecular complexity index is 1190. The van der Waals surface area contributed by atoms with Crippen molar-refractivity contribution in [1.29, 1.82) is 0 Å². The predicted molar refractivity (Wildman–Crippen MR) is 116 cm³/mol. The van der Waals surface area contributed by atoms with Crippen molar-refractivity contribution >= 4 is 33.4 Å². The predicted octanol–water partition coefficient (Wildman–Crippen LogP) is 4.52. The van der Waals surface area contributed by atoms with Crippen molar-refractivity contribution in [3.05, 3.63) is 47.4 Å². The Kier molecular flexibility index (Phi) is 4.96. The largest absolute Gasteiger partial charge is 0.315 e. The lowest BCUT2D eigenvalue weighted by Gasteiger charge is -2.18. The highest BCUT2D eigenvalue weighted by Crippen LogP contribution is 2.29. The van der Waals surface area contributed by atoms with Gasteiger partial charge in [-0.15, -0.1) is 11.3 Å². The molecule has 1 amide bonds. The van der Waals surface area contributed by atoms with E-state index in [4.69, 9.17) is 4.98 Å². The van der Waals surface area contributed by atoms with E-state index in [-0.39, 0.29) is 11.8 Å². The molecule has 29 heavy (non-hydrogen) atoms. The van der Waals surface area contributed by atoms with Crippen LogP contribution in [0.5, 0.6) is 0 Å². The normalized spacial score (nSPS) is 12.6. The Morgan fingerprint density at radius 2 is 1.93 bits per heavy atom. The van der Waals surface area contributed by atoms with Gasteiger partial charge in [0, 0.05) is 29.6 Å². The van der Waals surface area contributed by atoms with E-state index in [1.54, 1.807) is 6.20 Å². The van der Waals surface area contributed by atoms with Crippen molar-refractivity contribution in [2.45, 2.75) is 39.7 Å². The summed E-state index contributed by atoms with van der Waals surface area (Å²) in [6.07, 6.45) is 1.80. The number of nitrogens with zero attached hydrogens (tertiary/aromatic N) is 5. The van der Waals surface area contributed by atoms with Crippen LogP contribution in [0, 0.1) is 6.92 Å². The van der Waals surface area contributed by atoms with Crippen LogP contribution in [0.25, 0.3) is 22.3 Å². The van der Waals surface area contributed by atoms with Crippen molar-refractivity contribution in [3.63, 3.8) is 0 Å². The monoisotopic (exact) mass is 408 g/mol. The van der Waals surface area contributed by atoms with Gasteiger partial charge in [-0.3, -0.25) is 9.48 Å². The zero-order valence-corrected chi connectivity index (χ0v) is 18.0. The smallest absolute Gasteiger partial charge is 0.248 e. The summed E-state index contributed by atoms with van der Waals surface area (Å²) in [6.45, 7) is 8.08. The Hall–Kier alpha value is -3.00. The van der Waals surface area contributed by atoms with Gasteiger partial charge in [-0.2, -0.15) is 5.10 Å². The summed E-state index contributed by atoms with van der Waals surface area (Å²) in [5.41, 5.74) is 4.69. The molecular formula is C21H24N6OS. The van der Waals surface area contributed by atoms with E-state index in [2.05, 4.69) is 29.2 Å². The summed E-state index contributed by atoms with van der Waals surface area (Å²) in [5, 5.41) is 9.75. The van der Waals surface area contributed by atoms with Crippen LogP contribution in [0.3, 0.4) is 0 Å². The maximum absolute atomic E-state index is 13.0. The number of para-hydroxylation sites is 2. The molecule has 1 atom stereocenters. The van der Waals surface area contributed by atoms with Crippen molar-refractivity contribution < 1.29 is 4.79 Å². The molecular weight excluding hydrogens is 384 g/mol. The summed E-state index contributed by atoms with van der Waals surface area (Å²) >= 11 is 1.41. The van der Waals surface area contributed by atoms with Gasteiger partial charge in [0.2, 0.25) is 5.91 Å². The van der Waals surface area contributed by atoms with Crippen LogP contribution in [-0.2, 0) is 11.8 Å². The minimum atomic E-state index is -0.410. The third-order valence-corrected chi connectivity index (χ3v) is 5.91. The van der Waals surface area contributed by atoms with Gasteiger partial charge in [0.15, 0.2) is 5.13 Å². The van der Waals surface area contributed by atoms with Crippen molar-refractivity contribution in [2.75, 3.05) is 5.32 Å². The second kappa shape index (κ2) is 7.44. The van der Waals surface area contributed by atoms with Crippen LogP contribution >= 0.6 is 11.3 Å². The molecule has 7 nitrogen and oxygen atoms in total. The molecule has 150 valence electrons. The van der Waals surface area contributed by atoms with Crippen LogP contribution < -0.4 is 5.32 Å². The van der Waals surface area contributed by atoms with E-state index in [0.29, 0.717) is 5.13 Å². The molecule has 4 aromatic rings. The van der Waals surface area contributed by atoms with Gasteiger partial charge < -0.3 is 9.88 Å². The molecule has 1 aromatic carbocycles. The molecule has 0 saturated carbocycles. The molecule has 3 aromatic heterocycles. The van der Waals surface area contributed by atoms with E-state index in [9.17, 15) is 4.79 Å². The van der Waals surface area contributed by atoms with Crippen LogP contribution in [0.4, 0.5) is 5.13 Å². The zero-order chi connectivity index (χ0) is 20.7. The zero-order valence-electron chi connectivity index (χ0n) is 17.2. The lowest BCUT2D eigenvalue weighted by molar-refractivity contribution is -0.118. The van der Waals surface area contributed by atoms with E-state index in [1.807, 2.05) is 59.8 Å². The molecule has 0 spiro atoms. The Balaban J connectivity index is 1.61. The molecule has 0 bridgehead atoms. The van der Waals surface area contributed by atoms with Gasteiger partial charge in [0.25, 0.3) is 0 Å². The highest BCUT2D eigenvalue weighted by atomic mass is 32.1. The molecule has 0 aliphatic heterocycles. The summed E-state index contributed by atoms with van der Waals surface area (Å²) in [4.78, 5) is 22.4. The fraction of sp³-hybridized carbons (Fsp3) is 0.333. The molecule has 0 radical (unpaired) electrons. The van der Waals surface area contributed by atoms with Crippen molar-refractivity contribution in [2.24, 2.45) is 7.05 Å². The summed E-state index contributed by atoms with van der Waals surface area (Å²) in [5.74, 6) is 0.996. The second-order valence-corrected chi connectivity index (χ2v) is 8.31. The molecule has 0 aliphatic rings. The number of nitrogens with one attached hydrogen (secondary N) is 1. The first kappa shape index (κ1) is 19.3. The van der Waals surface area contributed by atoms with Gasteiger partial charge >= 0.3 is 0 Å². The van der Waals surface area contributed by atoms with E-state index < -0.39 is 6.04 Å². The van der Waals surface area contributed by atoms with Crippen LogP contribution in [0.15, 0.2) is 35.8 Å². The molecule has 0 unspecified atom stereocenters. The molecule has 4 rings (SSSR count). The number of rotatable bonds is 5. The van der Waals surface area contributed by atoms with Crippen molar-refractivity contribution in [1.82, 2.24) is 24.3 Å². The number of carbonyl (C=O) groups excluding carboxylic acids is 1. The Labute approximate surface area is 173 Å². The van der Waals surface area contributed by atoms with Crippen LogP contribution in [-0.4, -0.2) is 30.2 Å². The van der Waals surface area contributed by atoms with Gasteiger partial charge in [0.05, 0.1) is 22.9 Å². The number of imidazole rings is 1. The number of thiazole rings is 1. The maximum atomic E-state index is 13.0. The number of fused-ring (bicyclic) bond motifs is 1. The number of anilines is 1. The Morgan fingerprint density at radius 3 is 2.62 bits per heavy atom. The fourth-order valence-electron chi connectivity index (χ4n) is 3.41. The Morgan fingerprint density at radius 1 is 1.17 bits per heavy atom. The first-order valence-electron chi connectivity index (χ1n) is 9.59. The second-order valence-electron chi connectivity index (χ2n) is 7.45. The van der Waals surface area contributed by atoms with E-state index >= 15 is 0 Å². The molecule has 8 heteroatoms. The molecule has 1 N–H and O–H groups in total. The number of hydrogen-bond acceptors (Lipinski definition) is 5. The van der Waals surface area contributed by atoms with Crippen LogP contribution in [0.2, 0.25) is 0 Å². The molecule has 0 aliphatic carbocycles. The number of hydrogen-bond donors (Lipinski definition) is 1. The molecule has 0 fully saturated rings. The first-order chi connectivity index (χ1) is 13.9. The number of carbonyl (C=O) groups is 1. The molecule has 3 heterocycles. The van der Waals surface area contributed by atoms with Gasteiger partial charge in [-0.25, -0.2) is 9.97 Å². The summed E-state index contributed by atoms with van der Waals surface area (Å²) in [7, 11) is 1.90. The average molecular weight is 409 g/mol. The van der Waals surface area contributed by atoms with Gasteiger partial charge in [0.1, 0.15) is 11.9 Å². The lowest BCUT2D eigenvalue weighted by Crippen LogP contribution is -2.25. The quantitative estimate of drug-likeness (QED) is 0.526. The standard InChI is InChI=1S/C21H24N6OS/c1-12(2)19-23-16-8-6-7-9-18(16)27(19)14(4)20(28)25-21-24-17(11-29-21)15-10-22-26(5)13(15)3/h6-12,14H,1-5H3,(H,24,25,28)/t14-/m0/s1. The van der Waals surface area contributed by atoms with E-state index in [0.717, 1.165) is 33.8 Å². The SMILES string of the molecule is Cc1c(-c2csc(NC(=O)[C@H](C)n3c(C(C)C)nc4ccccc43)n2)cnn1C. The topological polar surface area (TPSA) is 77.6 Å². The number of benzene rings is 1. The van der Waals surface area contributed by atoms with Gasteiger partial charge in [-0.05, 0) is 26.0 Å². The highest BCUT2D eigenvalue weighted by Gasteiger charge is 2.24. The molecule has 0 saturated heterocycles. The number of aryl methyl sites for hydroxylation is 1. The van der Waals surface area contributed by atoms with Crippen LogP contribution in [0.1, 0.15) is 44.2 Å². The number of amides is 1. The average Bonchev–Trinajstić information content (AvgIpc) is 3.39. The minimum Gasteiger partial charge on any atom is -0.315 e. The first-order valence-corrected chi connectivity index (χ1v) is 10.5. The van der Waals surface area contributed by atoms with Crippen molar-refractivity contribution in [3.8, 4) is 11.3 Å². The van der Waals surface area contributed by atoms with E-state index in [1.165, 1.54) is 11.3 Å². The van der Waals surface area contributed by atoms with Gasteiger partial charge in [-0.1, -0.05) is 26.0 Å². The lowest BCUT2D eigenvalue weighted by atomic mass is 10.2. The number of aromatic nitrogens is 5. The fourth-order valence-corrected chi connectivity index (χ4v) is 4.12. The third-order valence-electron chi connectivity index (χ3n) is 5.15. The summed E-state index contributed by atoms with van der Waals surface area (Å²) in [6, 6.07) is 7.51. The summed E-state index contributed by atoms with van der Waals surface area (Å²) < 4.78 is 3.84. The maximum Gasteiger partial charge on any atom is 0.248 e. The minimum absolute atomic E-state index is 0.112.